The van der Waals surface area contributed by atoms with E-state index in [-0.39, 0.29) is 21.0 Å². The van der Waals surface area contributed by atoms with Gasteiger partial charge in [0.2, 0.25) is 11.8 Å². The molecule has 1 aromatic rings. The van der Waals surface area contributed by atoms with Gasteiger partial charge in [-0.3, -0.25) is 19.1 Å². The largest absolute Gasteiger partial charge is 0.368 e. The molecule has 0 spiro atoms. The van der Waals surface area contributed by atoms with Crippen LogP contribution in [0.4, 0.5) is 0 Å². The molecule has 0 aromatic carbocycles. The van der Waals surface area contributed by atoms with Gasteiger partial charge in [-0.2, -0.15) is 5.10 Å². The number of hydrogen-bond acceptors (Lipinski definition) is 4. The van der Waals surface area contributed by atoms with Gasteiger partial charge in [-0.1, -0.05) is 47.5 Å². The van der Waals surface area contributed by atoms with E-state index in [2.05, 4.69) is 24.3 Å². The molecule has 3 N–H and O–H groups in total. The van der Waals surface area contributed by atoms with Crippen LogP contribution in [0.3, 0.4) is 0 Å². The van der Waals surface area contributed by atoms with Gasteiger partial charge in [0.05, 0.1) is 6.54 Å². The predicted octanol–water partition coefficient (Wildman–Crippen LogP) is 2.59. The molecule has 8 heteroatoms. The maximum Gasteiger partial charge on any atom is 0.272 e. The molecule has 3 amide bonds. The van der Waals surface area contributed by atoms with Gasteiger partial charge in [0.1, 0.15) is 11.7 Å². The first kappa shape index (κ1) is 26.8. The standard InChI is InChI=1S/C13H21N5O3.C4H10.C2H6.2H2/c1-4-10(12(14)20)18(5-2)11(19)8-15-13(21)9-6-7-17(3)16-9;1-3-4-2;1-2;;/h6-7,10H,4-5,8H2,1-3H3,(H2,14,20)(H,15,21);3-4H2,1-2H3;1-2H3;2*1H. The number of carbonyl (C=O) groups excluding carboxylic acids is 3. The van der Waals surface area contributed by atoms with Crippen molar-refractivity contribution in [1.82, 2.24) is 20.0 Å². The van der Waals surface area contributed by atoms with Gasteiger partial charge in [0.15, 0.2) is 0 Å². The van der Waals surface area contributed by atoms with Crippen molar-refractivity contribution in [3.8, 4) is 0 Å². The number of aryl methyl sites for hydroxylation is 1. The number of carbonyl (C=O) groups is 3. The number of primary amides is 1. The van der Waals surface area contributed by atoms with Crippen LogP contribution in [0.5, 0.6) is 0 Å². The monoisotopic (exact) mass is 387 g/mol. The first-order valence-corrected chi connectivity index (χ1v) is 9.68. The van der Waals surface area contributed by atoms with Crippen LogP contribution in [-0.2, 0) is 16.6 Å². The molecule has 1 rings (SSSR count). The summed E-state index contributed by atoms with van der Waals surface area (Å²) in [5.74, 6) is -1.34. The number of likely N-dealkylation sites (N-methyl/N-ethyl adjacent to an activating group) is 1. The summed E-state index contributed by atoms with van der Waals surface area (Å²) in [5.41, 5.74) is 5.51. The Hall–Kier alpha value is -2.38. The van der Waals surface area contributed by atoms with Gasteiger partial charge in [-0.15, -0.1) is 0 Å². The van der Waals surface area contributed by atoms with Crippen molar-refractivity contribution in [3.05, 3.63) is 18.0 Å². The second-order valence-electron chi connectivity index (χ2n) is 5.56. The fraction of sp³-hybridized carbons (Fsp3) is 0.684. The van der Waals surface area contributed by atoms with E-state index in [1.54, 1.807) is 33.2 Å². The smallest absolute Gasteiger partial charge is 0.272 e. The average Bonchev–Trinajstić information content (AvgIpc) is 3.11. The molecule has 8 nitrogen and oxygen atoms in total. The van der Waals surface area contributed by atoms with Crippen LogP contribution in [0.15, 0.2) is 12.3 Å². The molecule has 1 aromatic heterocycles. The van der Waals surface area contributed by atoms with Gasteiger partial charge in [0.25, 0.3) is 5.91 Å². The van der Waals surface area contributed by atoms with Crippen LogP contribution in [0, 0.1) is 0 Å². The number of nitrogens with one attached hydrogen (secondary N) is 1. The molecule has 0 bridgehead atoms. The van der Waals surface area contributed by atoms with E-state index < -0.39 is 17.9 Å². The molecular formula is C19H41N5O3. The summed E-state index contributed by atoms with van der Waals surface area (Å²) in [7, 11) is 1.69. The van der Waals surface area contributed by atoms with Gasteiger partial charge < -0.3 is 16.0 Å². The Balaban J connectivity index is -0.000000348. The minimum Gasteiger partial charge on any atom is -0.368 e. The van der Waals surface area contributed by atoms with Crippen LogP contribution in [0.1, 0.15) is 74.1 Å². The number of rotatable bonds is 8. The molecule has 27 heavy (non-hydrogen) atoms. The molecule has 0 radical (unpaired) electrons. The summed E-state index contributed by atoms with van der Waals surface area (Å²) in [6, 6.07) is 0.893. The second-order valence-corrected chi connectivity index (χ2v) is 5.56. The maximum absolute atomic E-state index is 12.1. The summed E-state index contributed by atoms with van der Waals surface area (Å²) in [6.07, 6.45) is 4.71. The fourth-order valence-corrected chi connectivity index (χ4v) is 2.03. The van der Waals surface area contributed by atoms with Crippen LogP contribution in [0.2, 0.25) is 0 Å². The highest BCUT2D eigenvalue weighted by Gasteiger charge is 2.25. The third-order valence-corrected chi connectivity index (χ3v) is 3.60. The quantitative estimate of drug-likeness (QED) is 0.714. The minimum absolute atomic E-state index is 0. The number of hydrogen-bond donors (Lipinski definition) is 2. The highest BCUT2D eigenvalue weighted by atomic mass is 16.2. The molecule has 160 valence electrons. The topological polar surface area (TPSA) is 110 Å². The summed E-state index contributed by atoms with van der Waals surface area (Å²) < 4.78 is 1.50. The zero-order valence-electron chi connectivity index (χ0n) is 17.9. The Morgan fingerprint density at radius 1 is 1.22 bits per heavy atom. The van der Waals surface area contributed by atoms with E-state index in [9.17, 15) is 14.4 Å². The van der Waals surface area contributed by atoms with Gasteiger partial charge in [0, 0.05) is 22.6 Å². The zero-order chi connectivity index (χ0) is 21.4. The van der Waals surface area contributed by atoms with Gasteiger partial charge >= 0.3 is 0 Å². The molecule has 1 heterocycles. The van der Waals surface area contributed by atoms with Crippen LogP contribution in [0.25, 0.3) is 0 Å². The third kappa shape index (κ3) is 10.4. The van der Waals surface area contributed by atoms with E-state index >= 15 is 0 Å². The van der Waals surface area contributed by atoms with Crippen molar-refractivity contribution >= 4 is 17.7 Å². The van der Waals surface area contributed by atoms with Crippen molar-refractivity contribution in [2.45, 2.75) is 66.8 Å². The van der Waals surface area contributed by atoms with E-state index in [1.807, 2.05) is 13.8 Å². The van der Waals surface area contributed by atoms with Crippen molar-refractivity contribution < 1.29 is 17.2 Å². The number of unbranched alkanes of at least 4 members (excludes halogenated alkanes) is 1. The highest BCUT2D eigenvalue weighted by Crippen LogP contribution is 2.04. The van der Waals surface area contributed by atoms with Crippen molar-refractivity contribution in [1.29, 1.82) is 0 Å². The highest BCUT2D eigenvalue weighted by molar-refractivity contribution is 5.95. The van der Waals surface area contributed by atoms with E-state index in [1.165, 1.54) is 22.4 Å². The van der Waals surface area contributed by atoms with Crippen molar-refractivity contribution in [2.75, 3.05) is 13.1 Å². The number of nitrogens with zero attached hydrogens (tertiary/aromatic N) is 3. The Bertz CT molecular complexity index is 566. The molecule has 0 saturated heterocycles. The van der Waals surface area contributed by atoms with E-state index in [0.29, 0.717) is 13.0 Å². The molecule has 0 saturated carbocycles. The summed E-state index contributed by atoms with van der Waals surface area (Å²) in [5, 5.41) is 6.43. The second kappa shape index (κ2) is 15.8. The van der Waals surface area contributed by atoms with Crippen LogP contribution in [-0.4, -0.2) is 51.5 Å². The summed E-state index contributed by atoms with van der Waals surface area (Å²) in [4.78, 5) is 36.6. The lowest BCUT2D eigenvalue weighted by molar-refractivity contribution is -0.138. The van der Waals surface area contributed by atoms with Crippen LogP contribution < -0.4 is 11.1 Å². The lowest BCUT2D eigenvalue weighted by atomic mass is 10.1. The molecule has 1 atom stereocenters. The minimum atomic E-state index is -0.658. The summed E-state index contributed by atoms with van der Waals surface area (Å²) >= 11 is 0. The first-order chi connectivity index (χ1) is 12.8. The van der Waals surface area contributed by atoms with Crippen molar-refractivity contribution in [3.63, 3.8) is 0 Å². The molecule has 0 aliphatic carbocycles. The van der Waals surface area contributed by atoms with Crippen molar-refractivity contribution in [2.24, 2.45) is 12.8 Å². The lowest BCUT2D eigenvalue weighted by Gasteiger charge is -2.27. The van der Waals surface area contributed by atoms with E-state index in [4.69, 9.17) is 5.73 Å². The molecular weight excluding hydrogens is 346 g/mol. The average molecular weight is 388 g/mol. The van der Waals surface area contributed by atoms with Gasteiger partial charge in [-0.25, -0.2) is 0 Å². The maximum atomic E-state index is 12.1. The number of nitrogens with two attached hydrogens (primary N) is 1. The fourth-order valence-electron chi connectivity index (χ4n) is 2.03. The number of amides is 3. The molecule has 0 fully saturated rings. The Kier molecular flexibility index (Phi) is 15.8. The Morgan fingerprint density at radius 3 is 2.11 bits per heavy atom. The Morgan fingerprint density at radius 2 is 1.78 bits per heavy atom. The lowest BCUT2D eigenvalue weighted by Crippen LogP contribution is -2.50. The number of aromatic nitrogens is 2. The zero-order valence-corrected chi connectivity index (χ0v) is 17.9. The van der Waals surface area contributed by atoms with E-state index in [0.717, 1.165) is 0 Å². The third-order valence-electron chi connectivity index (χ3n) is 3.60. The normalized spacial score (nSPS) is 10.5. The van der Waals surface area contributed by atoms with Gasteiger partial charge in [-0.05, 0) is 19.4 Å². The predicted molar refractivity (Wildman–Crippen MR) is 112 cm³/mol. The van der Waals surface area contributed by atoms with Crippen LogP contribution >= 0.6 is 0 Å². The molecule has 0 aliphatic heterocycles. The summed E-state index contributed by atoms with van der Waals surface area (Å²) in [6.45, 7) is 12.0. The SMILES string of the molecule is CC.CCC(C(N)=O)N(CC)C(=O)CNC(=O)c1ccn(C)n1.CCCC.[HH].[HH]. The molecule has 1 unspecified atom stereocenters. The Labute approximate surface area is 166 Å². The molecule has 0 aliphatic rings. The first-order valence-electron chi connectivity index (χ1n) is 9.68.